The van der Waals surface area contributed by atoms with Crippen molar-refractivity contribution in [3.63, 3.8) is 0 Å². The first kappa shape index (κ1) is 12.6. The van der Waals surface area contributed by atoms with Crippen molar-refractivity contribution in [1.82, 2.24) is 19.3 Å². The Labute approximate surface area is 114 Å². The summed E-state index contributed by atoms with van der Waals surface area (Å²) >= 11 is 0. The summed E-state index contributed by atoms with van der Waals surface area (Å²) in [5.41, 5.74) is 6.64. The lowest BCUT2D eigenvalue weighted by Crippen LogP contribution is -2.25. The average Bonchev–Trinajstić information content (AvgIpc) is 3.02. The molecule has 0 aliphatic rings. The minimum absolute atomic E-state index is 0.0122. The van der Waals surface area contributed by atoms with Crippen molar-refractivity contribution in [2.45, 2.75) is 11.6 Å². The van der Waals surface area contributed by atoms with Crippen LogP contribution in [-0.2, 0) is 16.6 Å². The maximum absolute atomic E-state index is 12.3. The van der Waals surface area contributed by atoms with Crippen molar-refractivity contribution in [3.05, 3.63) is 42.4 Å². The summed E-state index contributed by atoms with van der Waals surface area (Å²) in [6, 6.07) is 6.69. The van der Waals surface area contributed by atoms with Gasteiger partial charge in [-0.1, -0.05) is 11.2 Å². The zero-order valence-corrected chi connectivity index (χ0v) is 11.0. The largest absolute Gasteiger partial charge is 0.381 e. The molecule has 0 bridgehead atoms. The third-order valence-corrected chi connectivity index (χ3v) is 4.14. The summed E-state index contributed by atoms with van der Waals surface area (Å²) < 4.78 is 33.1. The third kappa shape index (κ3) is 2.12. The van der Waals surface area contributed by atoms with Crippen molar-refractivity contribution < 1.29 is 12.9 Å². The minimum Gasteiger partial charge on any atom is -0.381 e. The van der Waals surface area contributed by atoms with E-state index in [9.17, 15) is 8.42 Å². The summed E-state index contributed by atoms with van der Waals surface area (Å²) in [6.45, 7) is 0.0122. The Kier molecular flexibility index (Phi) is 2.92. The standard InChI is InChI=1S/C11H11N5O3S/c12-10-11(16-5-2-1-3-9(16)14-10)20(17,18)13-7-8-4-6-19-15-8/h1-6,13H,7,12H2. The first-order valence-electron chi connectivity index (χ1n) is 5.69. The van der Waals surface area contributed by atoms with E-state index in [2.05, 4.69) is 19.4 Å². The highest BCUT2D eigenvalue weighted by molar-refractivity contribution is 7.89. The molecule has 3 N–H and O–H groups in total. The molecule has 0 saturated heterocycles. The molecular formula is C11H11N5O3S. The average molecular weight is 293 g/mol. The van der Waals surface area contributed by atoms with Gasteiger partial charge in [-0.2, -0.15) is 0 Å². The lowest BCUT2D eigenvalue weighted by atomic mass is 10.5. The number of hydrogen-bond donors (Lipinski definition) is 2. The van der Waals surface area contributed by atoms with Gasteiger partial charge < -0.3 is 10.3 Å². The molecular weight excluding hydrogens is 282 g/mol. The lowest BCUT2D eigenvalue weighted by molar-refractivity contribution is 0.411. The molecule has 0 aliphatic carbocycles. The van der Waals surface area contributed by atoms with Crippen LogP contribution in [0, 0.1) is 0 Å². The van der Waals surface area contributed by atoms with E-state index in [0.717, 1.165) is 0 Å². The fourth-order valence-electron chi connectivity index (χ4n) is 1.82. The van der Waals surface area contributed by atoms with E-state index < -0.39 is 10.0 Å². The molecule has 0 atom stereocenters. The molecule has 3 aromatic rings. The van der Waals surface area contributed by atoms with Gasteiger partial charge in [0.1, 0.15) is 11.9 Å². The highest BCUT2D eigenvalue weighted by atomic mass is 32.2. The molecule has 0 aromatic carbocycles. The molecule has 3 heterocycles. The number of imidazole rings is 1. The van der Waals surface area contributed by atoms with Crippen LogP contribution in [0.4, 0.5) is 5.82 Å². The quantitative estimate of drug-likeness (QED) is 0.718. The second-order valence-corrected chi connectivity index (χ2v) is 5.73. The molecule has 3 rings (SSSR count). The van der Waals surface area contributed by atoms with Crippen LogP contribution >= 0.6 is 0 Å². The summed E-state index contributed by atoms with van der Waals surface area (Å²) in [5.74, 6) is -0.0520. The number of nitrogens with zero attached hydrogens (tertiary/aromatic N) is 3. The first-order chi connectivity index (χ1) is 9.58. The van der Waals surface area contributed by atoms with Crippen molar-refractivity contribution in [1.29, 1.82) is 0 Å². The van der Waals surface area contributed by atoms with E-state index in [1.165, 1.54) is 10.7 Å². The maximum Gasteiger partial charge on any atom is 0.260 e. The van der Waals surface area contributed by atoms with Gasteiger partial charge in [0.15, 0.2) is 10.8 Å². The zero-order chi connectivity index (χ0) is 14.2. The van der Waals surface area contributed by atoms with Crippen molar-refractivity contribution in [3.8, 4) is 0 Å². The number of hydrogen-bond acceptors (Lipinski definition) is 6. The van der Waals surface area contributed by atoms with Crippen LogP contribution in [0.2, 0.25) is 0 Å². The Balaban J connectivity index is 1.98. The summed E-state index contributed by atoms with van der Waals surface area (Å²) in [6.07, 6.45) is 2.95. The van der Waals surface area contributed by atoms with Gasteiger partial charge in [0.25, 0.3) is 10.0 Å². The second kappa shape index (κ2) is 4.62. The summed E-state index contributed by atoms with van der Waals surface area (Å²) in [4.78, 5) is 4.01. The van der Waals surface area contributed by atoms with Gasteiger partial charge in [0, 0.05) is 12.3 Å². The topological polar surface area (TPSA) is 116 Å². The van der Waals surface area contributed by atoms with E-state index in [1.54, 1.807) is 30.5 Å². The van der Waals surface area contributed by atoms with Gasteiger partial charge in [0.2, 0.25) is 0 Å². The molecule has 3 aromatic heterocycles. The van der Waals surface area contributed by atoms with Gasteiger partial charge in [0.05, 0.1) is 12.2 Å². The van der Waals surface area contributed by atoms with E-state index in [4.69, 9.17) is 5.73 Å². The van der Waals surface area contributed by atoms with Crippen LogP contribution in [0.15, 0.2) is 46.3 Å². The summed E-state index contributed by atoms with van der Waals surface area (Å²) in [5, 5.41) is 3.54. The number of fused-ring (bicyclic) bond motifs is 1. The van der Waals surface area contributed by atoms with E-state index in [-0.39, 0.29) is 17.4 Å². The monoisotopic (exact) mass is 293 g/mol. The van der Waals surface area contributed by atoms with Gasteiger partial charge in [-0.25, -0.2) is 18.1 Å². The molecule has 0 aliphatic heterocycles. The fraction of sp³-hybridized carbons (Fsp3) is 0.0909. The second-order valence-electron chi connectivity index (χ2n) is 4.05. The predicted molar refractivity (Wildman–Crippen MR) is 70.1 cm³/mol. The van der Waals surface area contributed by atoms with E-state index in [1.807, 2.05) is 0 Å². The Bertz CT molecular complexity index is 838. The predicted octanol–water partition coefficient (Wildman–Crippen LogP) is 0.383. The lowest BCUT2D eigenvalue weighted by Gasteiger charge is -2.05. The number of nitrogens with one attached hydrogen (secondary N) is 1. The third-order valence-electron chi connectivity index (χ3n) is 2.70. The van der Waals surface area contributed by atoms with Crippen LogP contribution in [0.25, 0.3) is 5.65 Å². The van der Waals surface area contributed by atoms with Gasteiger partial charge >= 0.3 is 0 Å². The Morgan fingerprint density at radius 3 is 2.95 bits per heavy atom. The van der Waals surface area contributed by atoms with Crippen molar-refractivity contribution >= 4 is 21.5 Å². The molecule has 104 valence electrons. The SMILES string of the molecule is Nc1nc2ccccn2c1S(=O)(=O)NCc1ccon1. The molecule has 0 saturated carbocycles. The molecule has 0 unspecified atom stereocenters. The van der Waals surface area contributed by atoms with Crippen LogP contribution in [0.1, 0.15) is 5.69 Å². The molecule has 20 heavy (non-hydrogen) atoms. The van der Waals surface area contributed by atoms with Crippen molar-refractivity contribution in [2.75, 3.05) is 5.73 Å². The normalized spacial score (nSPS) is 12.0. The molecule has 0 radical (unpaired) electrons. The zero-order valence-electron chi connectivity index (χ0n) is 10.2. The number of nitrogen functional groups attached to an aromatic ring is 1. The van der Waals surface area contributed by atoms with Crippen LogP contribution in [0.3, 0.4) is 0 Å². The van der Waals surface area contributed by atoms with E-state index >= 15 is 0 Å². The Morgan fingerprint density at radius 1 is 1.35 bits per heavy atom. The molecule has 0 fully saturated rings. The fourth-order valence-corrected chi connectivity index (χ4v) is 3.03. The Morgan fingerprint density at radius 2 is 2.20 bits per heavy atom. The first-order valence-corrected chi connectivity index (χ1v) is 7.18. The maximum atomic E-state index is 12.3. The highest BCUT2D eigenvalue weighted by Crippen LogP contribution is 2.19. The molecule has 9 heteroatoms. The number of pyridine rings is 1. The number of nitrogens with two attached hydrogens (primary N) is 1. The number of aromatic nitrogens is 3. The van der Waals surface area contributed by atoms with E-state index in [0.29, 0.717) is 11.3 Å². The van der Waals surface area contributed by atoms with Crippen LogP contribution in [-0.4, -0.2) is 23.0 Å². The number of rotatable bonds is 4. The van der Waals surface area contributed by atoms with Gasteiger partial charge in [-0.15, -0.1) is 0 Å². The van der Waals surface area contributed by atoms with Crippen LogP contribution in [0.5, 0.6) is 0 Å². The Hall–Kier alpha value is -2.39. The highest BCUT2D eigenvalue weighted by Gasteiger charge is 2.23. The molecule has 0 spiro atoms. The van der Waals surface area contributed by atoms with Gasteiger partial charge in [-0.05, 0) is 12.1 Å². The number of anilines is 1. The smallest absolute Gasteiger partial charge is 0.260 e. The molecule has 0 amide bonds. The van der Waals surface area contributed by atoms with Crippen LogP contribution < -0.4 is 10.5 Å². The van der Waals surface area contributed by atoms with Gasteiger partial charge in [-0.3, -0.25) is 4.40 Å². The number of sulfonamides is 1. The summed E-state index contributed by atoms with van der Waals surface area (Å²) in [7, 11) is -3.81. The molecule has 8 nitrogen and oxygen atoms in total. The minimum atomic E-state index is -3.81. The van der Waals surface area contributed by atoms with Crippen molar-refractivity contribution in [2.24, 2.45) is 0 Å².